The number of anilines is 1. The van der Waals surface area contributed by atoms with Gasteiger partial charge in [-0.1, -0.05) is 12.1 Å². The van der Waals surface area contributed by atoms with Crippen LogP contribution in [-0.2, 0) is 20.7 Å². The molecule has 0 saturated carbocycles. The molecule has 0 aliphatic rings. The van der Waals surface area contributed by atoms with Crippen LogP contribution in [0.25, 0.3) is 11.0 Å². The average molecular weight is 488 g/mol. The van der Waals surface area contributed by atoms with Crippen molar-refractivity contribution in [2.45, 2.75) is 26.7 Å². The quantitative estimate of drug-likeness (QED) is 0.207. The number of nitrogens with zero attached hydrogens (tertiary/aromatic N) is 3. The molecule has 2 aromatic heterocycles. The molecule has 9 heteroatoms. The summed E-state index contributed by atoms with van der Waals surface area (Å²) in [4.78, 5) is 46.4. The Balaban J connectivity index is 1.57. The van der Waals surface area contributed by atoms with Crippen molar-refractivity contribution in [3.63, 3.8) is 0 Å². The van der Waals surface area contributed by atoms with E-state index < -0.39 is 11.6 Å². The maximum absolute atomic E-state index is 12.9. The van der Waals surface area contributed by atoms with Crippen molar-refractivity contribution in [1.29, 1.82) is 0 Å². The van der Waals surface area contributed by atoms with Crippen LogP contribution in [0, 0.1) is 6.92 Å². The fourth-order valence-electron chi connectivity index (χ4n) is 3.76. The molecule has 0 aliphatic carbocycles. The van der Waals surface area contributed by atoms with Gasteiger partial charge in [0.05, 0.1) is 6.61 Å². The number of amides is 1. The lowest BCUT2D eigenvalue weighted by molar-refractivity contribution is -0.145. The van der Waals surface area contributed by atoms with Gasteiger partial charge >= 0.3 is 17.6 Å². The Morgan fingerprint density at radius 3 is 2.58 bits per heavy atom. The molecular weight excluding hydrogens is 462 g/mol. The van der Waals surface area contributed by atoms with Crippen LogP contribution < -0.4 is 15.3 Å². The summed E-state index contributed by atoms with van der Waals surface area (Å²) in [7, 11) is 1.59. The topological polar surface area (TPSA) is 112 Å². The lowest BCUT2D eigenvalue weighted by Crippen LogP contribution is -2.29. The summed E-state index contributed by atoms with van der Waals surface area (Å²) >= 11 is 0. The SMILES string of the molecule is CCOC(=O)CC(=O)N(C)c1cccc(Cc2c(C)c3ccc(Oc4ncccn4)cc3oc2=O)c1. The minimum atomic E-state index is -0.570. The van der Waals surface area contributed by atoms with Gasteiger partial charge in [-0.15, -0.1) is 0 Å². The molecule has 0 aliphatic heterocycles. The molecule has 184 valence electrons. The number of benzene rings is 2. The van der Waals surface area contributed by atoms with Gasteiger partial charge in [-0.2, -0.15) is 0 Å². The van der Waals surface area contributed by atoms with E-state index in [-0.39, 0.29) is 24.9 Å². The molecule has 0 radical (unpaired) electrons. The van der Waals surface area contributed by atoms with Crippen LogP contribution in [0.5, 0.6) is 11.8 Å². The Bertz CT molecular complexity index is 1470. The zero-order valence-electron chi connectivity index (χ0n) is 20.2. The number of ether oxygens (including phenoxy) is 2. The fraction of sp³-hybridized carbons (Fsp3) is 0.222. The number of aromatic nitrogens is 2. The first-order valence-corrected chi connectivity index (χ1v) is 11.4. The number of hydrogen-bond donors (Lipinski definition) is 0. The highest BCUT2D eigenvalue weighted by Crippen LogP contribution is 2.27. The second-order valence-electron chi connectivity index (χ2n) is 8.07. The molecule has 4 aromatic rings. The first-order valence-electron chi connectivity index (χ1n) is 11.4. The molecule has 9 nitrogen and oxygen atoms in total. The summed E-state index contributed by atoms with van der Waals surface area (Å²) in [6.45, 7) is 3.77. The summed E-state index contributed by atoms with van der Waals surface area (Å²) in [5.74, 6) is -0.502. The van der Waals surface area contributed by atoms with Crippen LogP contribution in [0.4, 0.5) is 5.69 Å². The van der Waals surface area contributed by atoms with E-state index in [2.05, 4.69) is 9.97 Å². The second-order valence-corrected chi connectivity index (χ2v) is 8.07. The van der Waals surface area contributed by atoms with Crippen molar-refractivity contribution >= 4 is 28.5 Å². The van der Waals surface area contributed by atoms with Crippen LogP contribution in [0.3, 0.4) is 0 Å². The van der Waals surface area contributed by atoms with Crippen molar-refractivity contribution in [3.05, 3.63) is 88.0 Å². The molecule has 0 fully saturated rings. The van der Waals surface area contributed by atoms with Crippen LogP contribution in [0.2, 0.25) is 0 Å². The van der Waals surface area contributed by atoms with Crippen molar-refractivity contribution in [1.82, 2.24) is 9.97 Å². The highest BCUT2D eigenvalue weighted by molar-refractivity contribution is 6.03. The number of esters is 1. The number of rotatable bonds is 8. The van der Waals surface area contributed by atoms with Gasteiger partial charge < -0.3 is 18.8 Å². The van der Waals surface area contributed by atoms with Gasteiger partial charge in [-0.25, -0.2) is 14.8 Å². The molecule has 0 unspecified atom stereocenters. The smallest absolute Gasteiger partial charge is 0.340 e. The summed E-state index contributed by atoms with van der Waals surface area (Å²) < 4.78 is 16.1. The summed E-state index contributed by atoms with van der Waals surface area (Å²) in [5, 5.41) is 0.781. The lowest BCUT2D eigenvalue weighted by Gasteiger charge is -2.18. The monoisotopic (exact) mass is 487 g/mol. The largest absolute Gasteiger partial charge is 0.466 e. The first-order chi connectivity index (χ1) is 17.4. The Morgan fingerprint density at radius 2 is 1.83 bits per heavy atom. The third kappa shape index (κ3) is 5.57. The minimum Gasteiger partial charge on any atom is -0.466 e. The molecule has 0 saturated heterocycles. The molecule has 1 amide bonds. The highest BCUT2D eigenvalue weighted by Gasteiger charge is 2.18. The van der Waals surface area contributed by atoms with Gasteiger partial charge in [0.15, 0.2) is 0 Å². The van der Waals surface area contributed by atoms with Crippen molar-refractivity contribution < 1.29 is 23.5 Å². The molecule has 0 atom stereocenters. The zero-order chi connectivity index (χ0) is 25.7. The minimum absolute atomic E-state index is 0.193. The molecular formula is C27H25N3O6. The van der Waals surface area contributed by atoms with Gasteiger partial charge in [0.2, 0.25) is 5.91 Å². The molecule has 2 heterocycles. The fourth-order valence-corrected chi connectivity index (χ4v) is 3.76. The molecule has 4 rings (SSSR count). The van der Waals surface area contributed by atoms with Gasteiger partial charge in [-0.3, -0.25) is 9.59 Å². The van der Waals surface area contributed by atoms with E-state index in [0.717, 1.165) is 16.5 Å². The number of carbonyl (C=O) groups excluding carboxylic acids is 2. The van der Waals surface area contributed by atoms with E-state index in [4.69, 9.17) is 13.9 Å². The molecule has 2 aromatic carbocycles. The van der Waals surface area contributed by atoms with E-state index in [9.17, 15) is 14.4 Å². The van der Waals surface area contributed by atoms with Gasteiger partial charge in [0, 0.05) is 48.6 Å². The Hall–Kier alpha value is -4.53. The Kier molecular flexibility index (Phi) is 7.39. The van der Waals surface area contributed by atoms with E-state index in [1.807, 2.05) is 25.1 Å². The molecule has 36 heavy (non-hydrogen) atoms. The van der Waals surface area contributed by atoms with Crippen LogP contribution in [-0.4, -0.2) is 35.5 Å². The number of carbonyl (C=O) groups is 2. The number of aryl methyl sites for hydroxylation is 1. The number of fused-ring (bicyclic) bond motifs is 1. The standard InChI is InChI=1S/C27H25N3O6/c1-4-34-25(32)16-24(31)30(3)19-8-5-7-18(13-19)14-22-17(2)21-10-9-20(15-23(21)36-26(22)33)35-27-28-11-6-12-29-27/h5-13,15H,4,14,16H2,1-3H3. The van der Waals surface area contributed by atoms with Crippen LogP contribution in [0.1, 0.15) is 30.0 Å². The van der Waals surface area contributed by atoms with Gasteiger partial charge in [0.1, 0.15) is 17.8 Å². The zero-order valence-corrected chi connectivity index (χ0v) is 20.2. The Labute approximate surface area is 207 Å². The maximum Gasteiger partial charge on any atom is 0.340 e. The predicted octanol–water partition coefficient (Wildman–Crippen LogP) is 4.19. The van der Waals surface area contributed by atoms with Crippen LogP contribution in [0.15, 0.2) is 70.1 Å². The third-order valence-electron chi connectivity index (χ3n) is 5.66. The maximum atomic E-state index is 12.9. The summed E-state index contributed by atoms with van der Waals surface area (Å²) in [5.41, 5.74) is 2.67. The van der Waals surface area contributed by atoms with Crippen molar-refractivity contribution in [2.24, 2.45) is 0 Å². The average Bonchev–Trinajstić information content (AvgIpc) is 2.87. The lowest BCUT2D eigenvalue weighted by atomic mass is 9.99. The van der Waals surface area contributed by atoms with E-state index in [0.29, 0.717) is 29.0 Å². The molecule has 0 spiro atoms. The van der Waals surface area contributed by atoms with E-state index in [1.165, 1.54) is 4.90 Å². The molecule has 0 N–H and O–H groups in total. The third-order valence-corrected chi connectivity index (χ3v) is 5.66. The Morgan fingerprint density at radius 1 is 1.06 bits per heavy atom. The number of hydrogen-bond acceptors (Lipinski definition) is 8. The second kappa shape index (κ2) is 10.8. The first kappa shape index (κ1) is 24.6. The summed E-state index contributed by atoms with van der Waals surface area (Å²) in [6, 6.07) is 14.3. The van der Waals surface area contributed by atoms with Crippen LogP contribution >= 0.6 is 0 Å². The van der Waals surface area contributed by atoms with Gasteiger partial charge in [-0.05, 0) is 55.3 Å². The highest BCUT2D eigenvalue weighted by atomic mass is 16.5. The van der Waals surface area contributed by atoms with Crippen molar-refractivity contribution in [3.8, 4) is 11.8 Å². The summed E-state index contributed by atoms with van der Waals surface area (Å²) in [6.07, 6.45) is 3.12. The van der Waals surface area contributed by atoms with Gasteiger partial charge in [0.25, 0.3) is 0 Å². The van der Waals surface area contributed by atoms with Crippen molar-refractivity contribution in [2.75, 3.05) is 18.6 Å². The van der Waals surface area contributed by atoms with E-state index >= 15 is 0 Å². The van der Waals surface area contributed by atoms with E-state index in [1.54, 1.807) is 56.7 Å². The molecule has 0 bridgehead atoms. The normalized spacial score (nSPS) is 10.8. The predicted molar refractivity (Wildman–Crippen MR) is 133 cm³/mol.